The zero-order valence-corrected chi connectivity index (χ0v) is 10.5. The lowest BCUT2D eigenvalue weighted by Gasteiger charge is -2.05. The van der Waals surface area contributed by atoms with Crippen molar-refractivity contribution in [1.82, 2.24) is 20.1 Å². The van der Waals surface area contributed by atoms with Gasteiger partial charge in [-0.05, 0) is 0 Å². The van der Waals surface area contributed by atoms with Crippen molar-refractivity contribution in [3.05, 3.63) is 38.2 Å². The highest BCUT2D eigenvalue weighted by Gasteiger charge is 2.14. The molecule has 0 saturated heterocycles. The first-order chi connectivity index (χ1) is 8.58. The van der Waals surface area contributed by atoms with Crippen molar-refractivity contribution < 1.29 is 9.90 Å². The molecule has 0 aromatic carbocycles. The Labute approximate surface area is 106 Å². The van der Waals surface area contributed by atoms with Gasteiger partial charge in [0.2, 0.25) is 0 Å². The van der Waals surface area contributed by atoms with Crippen molar-refractivity contribution in [2.24, 2.45) is 7.05 Å². The highest BCUT2D eigenvalue weighted by Crippen LogP contribution is 2.07. The summed E-state index contributed by atoms with van der Waals surface area (Å²) in [5.41, 5.74) is 1.56. The Kier molecular flexibility index (Phi) is 3.58. The quantitative estimate of drug-likeness (QED) is 0.717. The molecule has 8 heteroatoms. The van der Waals surface area contributed by atoms with Crippen LogP contribution in [0.2, 0.25) is 0 Å². The van der Waals surface area contributed by atoms with Gasteiger partial charge in [0.25, 0.3) is 0 Å². The van der Waals surface area contributed by atoms with Crippen LogP contribution in [0.25, 0.3) is 0 Å². The topological polar surface area (TPSA) is 100 Å². The third-order valence-electron chi connectivity index (χ3n) is 2.47. The molecule has 3 N–H and O–H groups in total. The first-order valence-corrected chi connectivity index (χ1v) is 6.07. The molecule has 0 fully saturated rings. The lowest BCUT2D eigenvalue weighted by molar-refractivity contribution is 0.0695. The van der Waals surface area contributed by atoms with Gasteiger partial charge < -0.3 is 15.4 Å². The Hall–Kier alpha value is -1.93. The van der Waals surface area contributed by atoms with Crippen LogP contribution in [-0.2, 0) is 20.1 Å². The molecular weight excluding hydrogens is 256 g/mol. The van der Waals surface area contributed by atoms with Crippen LogP contribution < -0.4 is 10.2 Å². The molecular formula is C10H12N4O3S. The van der Waals surface area contributed by atoms with E-state index in [-0.39, 0.29) is 10.4 Å². The van der Waals surface area contributed by atoms with Gasteiger partial charge in [0.1, 0.15) is 5.56 Å². The Morgan fingerprint density at radius 1 is 1.61 bits per heavy atom. The summed E-state index contributed by atoms with van der Waals surface area (Å²) in [7, 11) is 1.69. The lowest BCUT2D eigenvalue weighted by Crippen LogP contribution is -2.18. The number of carbonyl (C=O) groups is 1. The molecule has 0 spiro atoms. The summed E-state index contributed by atoms with van der Waals surface area (Å²) in [6.07, 6.45) is 1.33. The van der Waals surface area contributed by atoms with Gasteiger partial charge in [-0.2, -0.15) is 5.10 Å². The lowest BCUT2D eigenvalue weighted by atomic mass is 10.2. The summed E-state index contributed by atoms with van der Waals surface area (Å²) in [6, 6.07) is 0. The van der Waals surface area contributed by atoms with E-state index in [0.717, 1.165) is 17.0 Å². The largest absolute Gasteiger partial charge is 0.478 e. The summed E-state index contributed by atoms with van der Waals surface area (Å²) in [6.45, 7) is 0.846. The number of thiazole rings is 1. The van der Waals surface area contributed by atoms with E-state index in [1.807, 2.05) is 0 Å². The van der Waals surface area contributed by atoms with Gasteiger partial charge >= 0.3 is 10.8 Å². The fourth-order valence-electron chi connectivity index (χ4n) is 1.57. The van der Waals surface area contributed by atoms with Gasteiger partial charge in [0.15, 0.2) is 0 Å². The van der Waals surface area contributed by atoms with Crippen LogP contribution in [0.1, 0.15) is 21.7 Å². The molecule has 0 aliphatic carbocycles. The fraction of sp³-hybridized carbons (Fsp3) is 0.300. The van der Waals surface area contributed by atoms with Crippen molar-refractivity contribution in [2.75, 3.05) is 0 Å². The minimum atomic E-state index is -0.996. The summed E-state index contributed by atoms with van der Waals surface area (Å²) >= 11 is 1.10. The summed E-state index contributed by atoms with van der Waals surface area (Å²) in [5.74, 6) is -0.996. The molecule has 2 aromatic rings. The number of aromatic carboxylic acids is 1. The van der Waals surface area contributed by atoms with E-state index in [9.17, 15) is 9.59 Å². The van der Waals surface area contributed by atoms with Crippen LogP contribution in [0.4, 0.5) is 0 Å². The molecule has 18 heavy (non-hydrogen) atoms. The molecule has 0 radical (unpaired) electrons. The monoisotopic (exact) mass is 268 g/mol. The molecule has 7 nitrogen and oxygen atoms in total. The Balaban J connectivity index is 2.00. The molecule has 0 bridgehead atoms. The van der Waals surface area contributed by atoms with E-state index >= 15 is 0 Å². The summed E-state index contributed by atoms with van der Waals surface area (Å²) in [4.78, 5) is 24.4. The van der Waals surface area contributed by atoms with Gasteiger partial charge in [0.05, 0.1) is 11.9 Å². The van der Waals surface area contributed by atoms with E-state index in [1.54, 1.807) is 12.4 Å². The van der Waals surface area contributed by atoms with Crippen LogP contribution in [0.15, 0.2) is 16.4 Å². The molecule has 0 unspecified atom stereocenters. The molecule has 2 aromatic heterocycles. The van der Waals surface area contributed by atoms with Crippen molar-refractivity contribution in [1.29, 1.82) is 0 Å². The zero-order valence-electron chi connectivity index (χ0n) is 9.64. The molecule has 0 amide bonds. The Bertz CT molecular complexity index is 613. The number of hydrogen-bond donors (Lipinski definition) is 3. The molecule has 0 aliphatic rings. The first kappa shape index (κ1) is 12.5. The van der Waals surface area contributed by atoms with E-state index < -0.39 is 5.97 Å². The number of H-pyrrole nitrogens is 1. The minimum absolute atomic E-state index is 0.0986. The number of carboxylic acid groups (broad SMARTS) is 1. The predicted octanol–water partition coefficient (Wildman–Crippen LogP) is 0.158. The van der Waals surface area contributed by atoms with Crippen LogP contribution >= 0.6 is 11.3 Å². The minimum Gasteiger partial charge on any atom is -0.478 e. The molecule has 96 valence electrons. The van der Waals surface area contributed by atoms with E-state index in [4.69, 9.17) is 5.11 Å². The molecule has 2 rings (SSSR count). The van der Waals surface area contributed by atoms with Crippen LogP contribution in [0.3, 0.4) is 0 Å². The predicted molar refractivity (Wildman–Crippen MR) is 65.7 cm³/mol. The Morgan fingerprint density at radius 3 is 3.00 bits per heavy atom. The van der Waals surface area contributed by atoms with Gasteiger partial charge in [-0.15, -0.1) is 0 Å². The number of nitrogens with one attached hydrogen (secondary N) is 2. The van der Waals surface area contributed by atoms with Crippen molar-refractivity contribution >= 4 is 17.3 Å². The number of nitrogens with zero attached hydrogens (tertiary/aromatic N) is 2. The van der Waals surface area contributed by atoms with Crippen molar-refractivity contribution in [3.8, 4) is 0 Å². The van der Waals surface area contributed by atoms with Crippen LogP contribution in [0.5, 0.6) is 0 Å². The van der Waals surface area contributed by atoms with Crippen LogP contribution in [0, 0.1) is 0 Å². The summed E-state index contributed by atoms with van der Waals surface area (Å²) in [5, 5.41) is 17.7. The van der Waals surface area contributed by atoms with Gasteiger partial charge in [-0.25, -0.2) is 4.79 Å². The third-order valence-corrected chi connectivity index (χ3v) is 3.19. The van der Waals surface area contributed by atoms with E-state index in [2.05, 4.69) is 15.4 Å². The number of rotatable bonds is 5. The average molecular weight is 268 g/mol. The molecule has 0 aliphatic heterocycles. The van der Waals surface area contributed by atoms with Crippen molar-refractivity contribution in [2.45, 2.75) is 13.1 Å². The van der Waals surface area contributed by atoms with Gasteiger partial charge in [-0.1, -0.05) is 11.3 Å². The van der Waals surface area contributed by atoms with Gasteiger partial charge in [-0.3, -0.25) is 9.48 Å². The fourth-order valence-corrected chi connectivity index (χ4v) is 2.15. The second-order valence-corrected chi connectivity index (χ2v) is 4.55. The standard InChI is InChI=1S/C10H12N4O3S/c1-14-8(7(3-12-14)9(15)16)4-11-2-6-5-18-10(17)13-6/h3,5,11H,2,4H2,1H3,(H,13,17)(H,15,16). The molecule has 0 saturated carbocycles. The number of aryl methyl sites for hydroxylation is 1. The smallest absolute Gasteiger partial charge is 0.339 e. The van der Waals surface area contributed by atoms with Gasteiger partial charge in [0, 0.05) is 31.2 Å². The second kappa shape index (κ2) is 5.15. The maximum Gasteiger partial charge on any atom is 0.339 e. The molecule has 2 heterocycles. The number of aromatic nitrogens is 3. The second-order valence-electron chi connectivity index (χ2n) is 3.71. The normalized spacial score (nSPS) is 10.7. The highest BCUT2D eigenvalue weighted by atomic mass is 32.1. The third kappa shape index (κ3) is 2.66. The zero-order chi connectivity index (χ0) is 13.1. The number of hydrogen-bond acceptors (Lipinski definition) is 5. The van der Waals surface area contributed by atoms with Crippen molar-refractivity contribution in [3.63, 3.8) is 0 Å². The maximum atomic E-state index is 10.9. The van der Waals surface area contributed by atoms with E-state index in [0.29, 0.717) is 18.8 Å². The molecule has 0 atom stereocenters. The average Bonchev–Trinajstić information content (AvgIpc) is 2.87. The van der Waals surface area contributed by atoms with Crippen LogP contribution in [-0.4, -0.2) is 25.8 Å². The summed E-state index contributed by atoms with van der Waals surface area (Å²) < 4.78 is 1.52. The highest BCUT2D eigenvalue weighted by molar-refractivity contribution is 7.07. The Morgan fingerprint density at radius 2 is 2.39 bits per heavy atom. The number of aromatic amines is 1. The SMILES string of the molecule is Cn1ncc(C(=O)O)c1CNCc1csc(=O)[nH]1. The van der Waals surface area contributed by atoms with E-state index in [1.165, 1.54) is 10.9 Å². The first-order valence-electron chi connectivity index (χ1n) is 5.19. The number of carboxylic acids is 1. The maximum absolute atomic E-state index is 10.9.